The van der Waals surface area contributed by atoms with Crippen molar-refractivity contribution in [2.45, 2.75) is 19.9 Å². The number of benzene rings is 3. The lowest BCUT2D eigenvalue weighted by molar-refractivity contribution is 0.0971. The van der Waals surface area contributed by atoms with Crippen molar-refractivity contribution < 1.29 is 13.9 Å². The smallest absolute Gasteiger partial charge is 0.295 e. The van der Waals surface area contributed by atoms with Gasteiger partial charge in [0.1, 0.15) is 11.3 Å². The number of methoxy groups -OCH3 is 1. The van der Waals surface area contributed by atoms with E-state index < -0.39 is 6.04 Å². The summed E-state index contributed by atoms with van der Waals surface area (Å²) < 4.78 is 12.2. The fourth-order valence-corrected chi connectivity index (χ4v) is 4.57. The van der Waals surface area contributed by atoms with Gasteiger partial charge in [0.25, 0.3) is 5.91 Å². The SMILES string of the molecule is COc1cccc(C2c3c(oc4ccc(Br)cc4c3=O)C(=O)N2c2ccc(C)c(C)c2)c1. The zero-order valence-corrected chi connectivity index (χ0v) is 19.4. The number of rotatable bonds is 3. The van der Waals surface area contributed by atoms with Crippen molar-refractivity contribution in [3.8, 4) is 5.75 Å². The van der Waals surface area contributed by atoms with E-state index in [-0.39, 0.29) is 17.1 Å². The molecular weight excluding hydrogens is 470 g/mol. The minimum atomic E-state index is -0.630. The van der Waals surface area contributed by atoms with Crippen LogP contribution in [0.2, 0.25) is 0 Å². The van der Waals surface area contributed by atoms with Crippen LogP contribution in [0.25, 0.3) is 11.0 Å². The predicted octanol–water partition coefficient (Wildman–Crippen LogP) is 5.93. The van der Waals surface area contributed by atoms with Crippen LogP contribution in [-0.4, -0.2) is 13.0 Å². The topological polar surface area (TPSA) is 59.8 Å². The van der Waals surface area contributed by atoms with Crippen LogP contribution in [-0.2, 0) is 0 Å². The Kier molecular flexibility index (Phi) is 4.90. The predicted molar refractivity (Wildman–Crippen MR) is 128 cm³/mol. The molecule has 3 aromatic carbocycles. The number of halogens is 1. The Morgan fingerprint density at radius 3 is 2.53 bits per heavy atom. The molecule has 1 aromatic heterocycles. The first-order valence-corrected chi connectivity index (χ1v) is 11.0. The molecular formula is C26H20BrNO4. The number of hydrogen-bond acceptors (Lipinski definition) is 4. The normalized spacial score (nSPS) is 15.3. The standard InChI is InChI=1S/C26H20BrNO4/c1-14-7-9-18(11-15(14)2)28-23(16-5-4-6-19(12-16)31-3)22-24(29)20-13-17(27)8-10-21(20)32-25(22)26(28)30/h4-13,23H,1-3H3. The van der Waals surface area contributed by atoms with Crippen molar-refractivity contribution in [2.75, 3.05) is 12.0 Å². The molecule has 0 radical (unpaired) electrons. The number of ether oxygens (including phenoxy) is 1. The van der Waals surface area contributed by atoms with Crippen LogP contribution in [0.3, 0.4) is 0 Å². The van der Waals surface area contributed by atoms with E-state index in [1.807, 2.05) is 56.3 Å². The van der Waals surface area contributed by atoms with Gasteiger partial charge < -0.3 is 9.15 Å². The molecule has 1 unspecified atom stereocenters. The minimum absolute atomic E-state index is 0.0795. The molecule has 1 aliphatic heterocycles. The molecule has 0 bridgehead atoms. The molecule has 5 rings (SSSR count). The highest BCUT2D eigenvalue weighted by Gasteiger charge is 2.43. The summed E-state index contributed by atoms with van der Waals surface area (Å²) in [5.41, 5.74) is 4.18. The number of carbonyl (C=O) groups is 1. The number of nitrogens with zero attached hydrogens (tertiary/aromatic N) is 1. The van der Waals surface area contributed by atoms with Crippen molar-refractivity contribution >= 4 is 38.5 Å². The average molecular weight is 490 g/mol. The number of amides is 1. The maximum Gasteiger partial charge on any atom is 0.295 e. The van der Waals surface area contributed by atoms with Crippen LogP contribution >= 0.6 is 15.9 Å². The Morgan fingerprint density at radius 1 is 0.969 bits per heavy atom. The van der Waals surface area contributed by atoms with Crippen molar-refractivity contribution in [1.29, 1.82) is 0 Å². The Labute approximate surface area is 193 Å². The van der Waals surface area contributed by atoms with Crippen LogP contribution in [0.1, 0.15) is 38.9 Å². The summed E-state index contributed by atoms with van der Waals surface area (Å²) in [6.45, 7) is 4.02. The maximum atomic E-state index is 13.7. The summed E-state index contributed by atoms with van der Waals surface area (Å²) in [6.07, 6.45) is 0. The average Bonchev–Trinajstić information content (AvgIpc) is 3.09. The number of anilines is 1. The number of aryl methyl sites for hydroxylation is 2. The first-order valence-electron chi connectivity index (χ1n) is 10.2. The first kappa shape index (κ1) is 20.5. The first-order chi connectivity index (χ1) is 15.4. The van der Waals surface area contributed by atoms with E-state index in [1.165, 1.54) is 0 Å². The Morgan fingerprint density at radius 2 is 1.78 bits per heavy atom. The molecule has 1 aliphatic rings. The molecule has 0 fully saturated rings. The van der Waals surface area contributed by atoms with E-state index in [0.29, 0.717) is 28.0 Å². The van der Waals surface area contributed by atoms with E-state index in [1.54, 1.807) is 30.2 Å². The van der Waals surface area contributed by atoms with Gasteiger partial charge in [0, 0.05) is 10.2 Å². The largest absolute Gasteiger partial charge is 0.497 e. The fourth-order valence-electron chi connectivity index (χ4n) is 4.21. The van der Waals surface area contributed by atoms with E-state index in [4.69, 9.17) is 9.15 Å². The summed E-state index contributed by atoms with van der Waals surface area (Å²) in [7, 11) is 1.59. The third-order valence-electron chi connectivity index (χ3n) is 6.01. The van der Waals surface area contributed by atoms with Gasteiger partial charge in [0.15, 0.2) is 5.43 Å². The second-order valence-electron chi connectivity index (χ2n) is 7.94. The maximum absolute atomic E-state index is 13.7. The second-order valence-corrected chi connectivity index (χ2v) is 8.85. The molecule has 0 saturated carbocycles. The van der Waals surface area contributed by atoms with Gasteiger partial charge in [0.2, 0.25) is 5.76 Å². The molecule has 32 heavy (non-hydrogen) atoms. The lowest BCUT2D eigenvalue weighted by Gasteiger charge is -2.26. The van der Waals surface area contributed by atoms with Gasteiger partial charge in [-0.15, -0.1) is 0 Å². The van der Waals surface area contributed by atoms with Crippen LogP contribution in [0.4, 0.5) is 5.69 Å². The molecule has 1 amide bonds. The lowest BCUT2D eigenvalue weighted by atomic mass is 9.97. The highest BCUT2D eigenvalue weighted by molar-refractivity contribution is 9.10. The highest BCUT2D eigenvalue weighted by Crippen LogP contribution is 2.42. The third kappa shape index (κ3) is 3.14. The monoisotopic (exact) mass is 489 g/mol. The van der Waals surface area contributed by atoms with E-state index in [2.05, 4.69) is 15.9 Å². The van der Waals surface area contributed by atoms with Crippen molar-refractivity contribution in [3.63, 3.8) is 0 Å². The molecule has 0 aliphatic carbocycles. The molecule has 2 heterocycles. The van der Waals surface area contributed by atoms with Crippen LogP contribution in [0, 0.1) is 13.8 Å². The molecule has 0 saturated heterocycles. The third-order valence-corrected chi connectivity index (χ3v) is 6.50. The Balaban J connectivity index is 1.82. The zero-order valence-electron chi connectivity index (χ0n) is 17.8. The van der Waals surface area contributed by atoms with Crippen molar-refractivity contribution in [3.05, 3.63) is 103 Å². The van der Waals surface area contributed by atoms with Gasteiger partial charge in [-0.25, -0.2) is 0 Å². The summed E-state index contributed by atoms with van der Waals surface area (Å²) in [5, 5.41) is 0.431. The molecule has 0 N–H and O–H groups in total. The molecule has 1 atom stereocenters. The van der Waals surface area contributed by atoms with Crippen LogP contribution in [0.15, 0.2) is 74.3 Å². The quantitative estimate of drug-likeness (QED) is 0.357. The van der Waals surface area contributed by atoms with Gasteiger partial charge in [-0.2, -0.15) is 0 Å². The summed E-state index contributed by atoms with van der Waals surface area (Å²) in [6, 6.07) is 17.9. The lowest BCUT2D eigenvalue weighted by Crippen LogP contribution is -2.29. The highest BCUT2D eigenvalue weighted by atomic mass is 79.9. The molecule has 5 nitrogen and oxygen atoms in total. The Hall–Kier alpha value is -3.38. The molecule has 4 aromatic rings. The van der Waals surface area contributed by atoms with Gasteiger partial charge in [-0.05, 0) is 73.0 Å². The van der Waals surface area contributed by atoms with Crippen molar-refractivity contribution in [2.24, 2.45) is 0 Å². The van der Waals surface area contributed by atoms with E-state index in [9.17, 15) is 9.59 Å². The van der Waals surface area contributed by atoms with Gasteiger partial charge in [0.05, 0.1) is 24.1 Å². The van der Waals surface area contributed by atoms with Gasteiger partial charge in [-0.3, -0.25) is 14.5 Å². The summed E-state index contributed by atoms with van der Waals surface area (Å²) in [4.78, 5) is 29.0. The van der Waals surface area contributed by atoms with E-state index >= 15 is 0 Å². The summed E-state index contributed by atoms with van der Waals surface area (Å²) >= 11 is 3.43. The molecule has 6 heteroatoms. The van der Waals surface area contributed by atoms with Crippen LogP contribution < -0.4 is 15.1 Å². The van der Waals surface area contributed by atoms with E-state index in [0.717, 1.165) is 21.2 Å². The van der Waals surface area contributed by atoms with Crippen LogP contribution in [0.5, 0.6) is 5.75 Å². The molecule has 160 valence electrons. The second kappa shape index (κ2) is 7.64. The zero-order chi connectivity index (χ0) is 22.6. The minimum Gasteiger partial charge on any atom is -0.497 e. The van der Waals surface area contributed by atoms with Crippen molar-refractivity contribution in [1.82, 2.24) is 0 Å². The van der Waals surface area contributed by atoms with Gasteiger partial charge >= 0.3 is 0 Å². The number of carbonyl (C=O) groups excluding carboxylic acids is 1. The number of fused-ring (bicyclic) bond motifs is 2. The fraction of sp³-hybridized carbons (Fsp3) is 0.154. The Bertz CT molecular complexity index is 1460. The number of hydrogen-bond donors (Lipinski definition) is 0. The van der Waals surface area contributed by atoms with Gasteiger partial charge in [-0.1, -0.05) is 34.1 Å². The summed E-state index contributed by atoms with van der Waals surface area (Å²) in [5.74, 6) is 0.394. The molecule has 0 spiro atoms.